The molecule has 4 heterocycles. The number of morpholine rings is 1. The number of sulfonamides is 1. The summed E-state index contributed by atoms with van der Waals surface area (Å²) in [4.78, 5) is 14.7. The van der Waals surface area contributed by atoms with Crippen molar-refractivity contribution in [2.45, 2.75) is 10.1 Å². The van der Waals surface area contributed by atoms with E-state index in [1.807, 2.05) is 18.2 Å². The maximum atomic E-state index is 13.1. The van der Waals surface area contributed by atoms with Crippen LogP contribution in [0.15, 0.2) is 58.7 Å². The zero-order chi connectivity index (χ0) is 22.1. The van der Waals surface area contributed by atoms with Gasteiger partial charge in [0.15, 0.2) is 0 Å². The molecule has 0 radical (unpaired) electrons. The minimum atomic E-state index is -3.72. The number of hydrogen-bond donors (Lipinski definition) is 1. The van der Waals surface area contributed by atoms with E-state index in [0.717, 1.165) is 61.0 Å². The van der Waals surface area contributed by atoms with Crippen molar-refractivity contribution in [1.82, 2.24) is 14.9 Å². The molecular formula is C22H25N5O3S2. The highest BCUT2D eigenvalue weighted by Crippen LogP contribution is 2.33. The van der Waals surface area contributed by atoms with Crippen LogP contribution in [0.3, 0.4) is 0 Å². The van der Waals surface area contributed by atoms with E-state index in [-0.39, 0.29) is 4.90 Å². The lowest BCUT2D eigenvalue weighted by molar-refractivity contribution is 0.0385. The second kappa shape index (κ2) is 8.86. The van der Waals surface area contributed by atoms with Crippen molar-refractivity contribution >= 4 is 43.4 Å². The Labute approximate surface area is 191 Å². The molecule has 32 heavy (non-hydrogen) atoms. The number of thioether (sulfide) groups is 1. The first-order chi connectivity index (χ1) is 15.5. The first kappa shape index (κ1) is 21.4. The van der Waals surface area contributed by atoms with Crippen molar-refractivity contribution in [3.8, 4) is 0 Å². The molecule has 1 unspecified atom stereocenters. The molecule has 10 heteroatoms. The lowest BCUT2D eigenvalue weighted by Crippen LogP contribution is -2.40. The van der Waals surface area contributed by atoms with E-state index < -0.39 is 10.0 Å². The Morgan fingerprint density at radius 1 is 1.25 bits per heavy atom. The third-order valence-corrected chi connectivity index (χ3v) is 8.74. The molecule has 0 bridgehead atoms. The van der Waals surface area contributed by atoms with E-state index in [9.17, 15) is 8.42 Å². The maximum Gasteiger partial charge on any atom is 0.265 e. The maximum absolute atomic E-state index is 13.1. The quantitative estimate of drug-likeness (QED) is 0.594. The molecular weight excluding hydrogens is 446 g/mol. The molecule has 1 atom stereocenters. The molecule has 0 amide bonds. The Morgan fingerprint density at radius 2 is 2.09 bits per heavy atom. The molecule has 168 valence electrons. The summed E-state index contributed by atoms with van der Waals surface area (Å²) in [6, 6.07) is 10.9. The molecule has 2 aliphatic rings. The summed E-state index contributed by atoms with van der Waals surface area (Å²) in [5, 5.41) is 2.34. The van der Waals surface area contributed by atoms with Crippen LogP contribution < -0.4 is 4.31 Å². The molecule has 3 aromatic rings. The molecule has 1 saturated heterocycles. The number of aromatic nitrogens is 2. The van der Waals surface area contributed by atoms with Gasteiger partial charge in [-0.15, -0.1) is 0 Å². The summed E-state index contributed by atoms with van der Waals surface area (Å²) in [7, 11) is -2.15. The molecule has 8 nitrogen and oxygen atoms in total. The van der Waals surface area contributed by atoms with Gasteiger partial charge in [-0.3, -0.25) is 19.2 Å². The minimum absolute atomic E-state index is 0.160. The summed E-state index contributed by atoms with van der Waals surface area (Å²) >= 11 is 1.79. The normalized spacial score (nSPS) is 19.9. The molecule has 1 aromatic carbocycles. The number of fused-ring (bicyclic) bond motifs is 1. The lowest BCUT2D eigenvalue weighted by Gasteiger charge is -2.28. The van der Waals surface area contributed by atoms with Crippen LogP contribution in [0.1, 0.15) is 5.69 Å². The molecule has 1 fully saturated rings. The fraction of sp³-hybridized carbons (Fsp3) is 0.364. The van der Waals surface area contributed by atoms with E-state index in [4.69, 9.17) is 9.73 Å². The Balaban J connectivity index is 1.38. The van der Waals surface area contributed by atoms with Gasteiger partial charge in [0.25, 0.3) is 10.0 Å². The van der Waals surface area contributed by atoms with Gasteiger partial charge in [-0.25, -0.2) is 8.42 Å². The number of nitrogens with zero attached hydrogens (tertiary/aromatic N) is 4. The second-order valence-corrected chi connectivity index (χ2v) is 11.1. The van der Waals surface area contributed by atoms with Crippen LogP contribution in [0.2, 0.25) is 0 Å². The van der Waals surface area contributed by atoms with Crippen LogP contribution in [0.25, 0.3) is 10.9 Å². The van der Waals surface area contributed by atoms with Gasteiger partial charge in [0.05, 0.1) is 36.7 Å². The first-order valence-corrected chi connectivity index (χ1v) is 12.9. The van der Waals surface area contributed by atoms with Crippen molar-refractivity contribution in [3.63, 3.8) is 0 Å². The fourth-order valence-electron chi connectivity index (χ4n) is 4.04. The number of para-hydroxylation sites is 1. The van der Waals surface area contributed by atoms with Crippen molar-refractivity contribution in [3.05, 3.63) is 54.5 Å². The monoisotopic (exact) mass is 471 g/mol. The highest BCUT2D eigenvalue weighted by Gasteiger charge is 2.27. The lowest BCUT2D eigenvalue weighted by atomic mass is 10.2. The first-order valence-electron chi connectivity index (χ1n) is 10.5. The average Bonchev–Trinajstić information content (AvgIpc) is 3.46. The molecule has 1 N–H and O–H groups in total. The van der Waals surface area contributed by atoms with Gasteiger partial charge in [-0.2, -0.15) is 0 Å². The zero-order valence-corrected chi connectivity index (χ0v) is 19.4. The topological polar surface area (TPSA) is 90.9 Å². The predicted octanol–water partition coefficient (Wildman–Crippen LogP) is 2.58. The number of ether oxygens (including phenoxy) is 1. The number of aromatic amines is 1. The molecule has 5 rings (SSSR count). The number of benzene rings is 1. The molecule has 0 spiro atoms. The van der Waals surface area contributed by atoms with Crippen LogP contribution in [0, 0.1) is 0 Å². The number of pyridine rings is 1. The molecule has 0 aliphatic carbocycles. The number of anilines is 1. The van der Waals surface area contributed by atoms with E-state index >= 15 is 0 Å². The largest absolute Gasteiger partial charge is 0.379 e. The van der Waals surface area contributed by atoms with Crippen LogP contribution in [0.5, 0.6) is 0 Å². The summed E-state index contributed by atoms with van der Waals surface area (Å²) in [5.74, 6) is 0. The van der Waals surface area contributed by atoms with Crippen molar-refractivity contribution in [2.24, 2.45) is 4.99 Å². The predicted molar refractivity (Wildman–Crippen MR) is 128 cm³/mol. The third-order valence-electron chi connectivity index (χ3n) is 5.78. The zero-order valence-electron chi connectivity index (χ0n) is 17.8. The van der Waals surface area contributed by atoms with Crippen molar-refractivity contribution in [2.75, 3.05) is 50.7 Å². The Kier molecular flexibility index (Phi) is 5.93. The smallest absolute Gasteiger partial charge is 0.265 e. The highest BCUT2D eigenvalue weighted by atomic mass is 32.2. The molecule has 0 saturated carbocycles. The van der Waals surface area contributed by atoms with E-state index in [0.29, 0.717) is 10.9 Å². The van der Waals surface area contributed by atoms with Crippen molar-refractivity contribution in [1.29, 1.82) is 0 Å². The summed E-state index contributed by atoms with van der Waals surface area (Å²) in [5.41, 5.74) is 2.29. The summed E-state index contributed by atoms with van der Waals surface area (Å²) in [6.45, 7) is 5.32. The molecule has 2 aromatic heterocycles. The number of nitrogens with one attached hydrogen (secondary N) is 1. The van der Waals surface area contributed by atoms with E-state index in [1.165, 1.54) is 10.5 Å². The van der Waals surface area contributed by atoms with E-state index in [2.05, 4.69) is 14.9 Å². The fourth-order valence-corrected chi connectivity index (χ4v) is 6.35. The van der Waals surface area contributed by atoms with E-state index in [1.54, 1.807) is 43.2 Å². The second-order valence-electron chi connectivity index (χ2n) is 7.88. The number of rotatable bonds is 6. The van der Waals surface area contributed by atoms with Gasteiger partial charge in [0.2, 0.25) is 0 Å². The highest BCUT2D eigenvalue weighted by molar-refractivity contribution is 8.15. The summed E-state index contributed by atoms with van der Waals surface area (Å²) < 4.78 is 32.9. The van der Waals surface area contributed by atoms with Gasteiger partial charge in [-0.1, -0.05) is 23.9 Å². The van der Waals surface area contributed by atoms with Crippen LogP contribution >= 0.6 is 11.8 Å². The number of aliphatic imine (C=N–C) groups is 1. The van der Waals surface area contributed by atoms with Crippen LogP contribution in [-0.2, 0) is 14.8 Å². The number of hydrogen-bond acceptors (Lipinski definition) is 7. The SMILES string of the molecule is CN(c1cccc2cc(C3=NCC(CN4CCOCC4)S3)[nH]c12)S(=O)(=O)c1cccnc1. The van der Waals surface area contributed by atoms with Crippen molar-refractivity contribution < 1.29 is 13.2 Å². The van der Waals surface area contributed by atoms with Crippen LogP contribution in [0.4, 0.5) is 5.69 Å². The number of H-pyrrole nitrogens is 1. The van der Waals surface area contributed by atoms with Gasteiger partial charge in [0.1, 0.15) is 9.94 Å². The third kappa shape index (κ3) is 4.15. The standard InChI is InChI=1S/C22H25N5O3S2/c1-26(32(28,29)18-5-3-7-23-14-18)20-6-2-4-16-12-19(25-21(16)20)22-24-13-17(31-22)15-27-8-10-30-11-9-27/h2-7,12,14,17,25H,8-11,13,15H2,1H3. The van der Waals surface area contributed by atoms with Gasteiger partial charge in [0, 0.05) is 49.7 Å². The Bertz CT molecular complexity index is 1240. The average molecular weight is 472 g/mol. The summed E-state index contributed by atoms with van der Waals surface area (Å²) in [6.07, 6.45) is 2.92. The van der Waals surface area contributed by atoms with Gasteiger partial charge in [-0.05, 0) is 24.3 Å². The minimum Gasteiger partial charge on any atom is -0.379 e. The molecule has 2 aliphatic heterocycles. The van der Waals surface area contributed by atoms with Gasteiger partial charge >= 0.3 is 0 Å². The van der Waals surface area contributed by atoms with Crippen LogP contribution in [-0.4, -0.2) is 80.0 Å². The van der Waals surface area contributed by atoms with Gasteiger partial charge < -0.3 is 9.72 Å². The Morgan fingerprint density at radius 3 is 2.88 bits per heavy atom. The Hall–Kier alpha value is -2.40.